The topological polar surface area (TPSA) is 73.8 Å². The summed E-state index contributed by atoms with van der Waals surface area (Å²) < 4.78 is 0. The Morgan fingerprint density at radius 3 is 2.19 bits per heavy atom. The monoisotopic (exact) mass is 656 g/mol. The number of anilines is 3. The number of rotatable bonds is 6. The van der Waals surface area contributed by atoms with Crippen LogP contribution < -0.4 is 15.5 Å². The quantitative estimate of drug-likeness (QED) is 0.175. The Morgan fingerprint density at radius 1 is 0.809 bits per heavy atom. The summed E-state index contributed by atoms with van der Waals surface area (Å²) >= 11 is 3.32. The first kappa shape index (κ1) is 33.1. The van der Waals surface area contributed by atoms with Crippen molar-refractivity contribution in [1.29, 1.82) is 0 Å². The highest BCUT2D eigenvalue weighted by Crippen LogP contribution is 2.38. The largest absolute Gasteiger partial charge is 0.360 e. The molecule has 47 heavy (non-hydrogen) atoms. The van der Waals surface area contributed by atoms with Gasteiger partial charge in [-0.05, 0) is 79.0 Å². The molecule has 3 heterocycles. The van der Waals surface area contributed by atoms with Gasteiger partial charge in [0.25, 0.3) is 11.8 Å². The number of aliphatic imine (C=N–C) groups is 1. The number of hydrogen-bond acceptors (Lipinski definition) is 6. The third kappa shape index (κ3) is 8.30. The second-order valence-electron chi connectivity index (χ2n) is 10.2. The Morgan fingerprint density at radius 2 is 1.49 bits per heavy atom. The van der Waals surface area contributed by atoms with Crippen LogP contribution in [0.3, 0.4) is 0 Å². The summed E-state index contributed by atoms with van der Waals surface area (Å²) in [6, 6.07) is 42.4. The zero-order chi connectivity index (χ0) is 33.0. The average molecular weight is 657 g/mol. The molecule has 7 rings (SSSR count). The second-order valence-corrected chi connectivity index (χ2v) is 12.5. The first-order valence-corrected chi connectivity index (χ1v) is 17.1. The number of carbonyl (C=O) groups excluding carboxylic acids is 2. The minimum absolute atomic E-state index is 0.0293. The molecular formula is C39H36N4O2S2. The lowest BCUT2D eigenvalue weighted by atomic mass is 10.1. The van der Waals surface area contributed by atoms with Crippen molar-refractivity contribution in [3.63, 3.8) is 0 Å². The maximum Gasteiger partial charge on any atom is 0.262 e. The van der Waals surface area contributed by atoms with Crippen molar-refractivity contribution in [2.75, 3.05) is 15.5 Å². The number of amides is 2. The van der Waals surface area contributed by atoms with Crippen LogP contribution in [0.4, 0.5) is 22.7 Å². The Hall–Kier alpha value is -5.31. The summed E-state index contributed by atoms with van der Waals surface area (Å²) in [5.41, 5.74) is 4.48. The van der Waals surface area contributed by atoms with E-state index in [2.05, 4.69) is 34.7 Å². The predicted octanol–water partition coefficient (Wildman–Crippen LogP) is 10.6. The third-order valence-corrected chi connectivity index (χ3v) is 8.91. The maximum atomic E-state index is 13.1. The van der Waals surface area contributed by atoms with Crippen LogP contribution in [0.2, 0.25) is 0 Å². The van der Waals surface area contributed by atoms with Gasteiger partial charge >= 0.3 is 0 Å². The van der Waals surface area contributed by atoms with E-state index in [0.29, 0.717) is 16.8 Å². The molecule has 0 saturated carbocycles. The normalized spacial score (nSPS) is 13.4. The molecule has 2 amide bonds. The van der Waals surface area contributed by atoms with E-state index < -0.39 is 0 Å². The summed E-state index contributed by atoms with van der Waals surface area (Å²) in [7, 11) is 0. The van der Waals surface area contributed by atoms with Crippen LogP contribution in [0.25, 0.3) is 0 Å². The Bertz CT molecular complexity index is 1920. The Balaban J connectivity index is 0.000000176. The van der Waals surface area contributed by atoms with Gasteiger partial charge in [0.15, 0.2) is 0 Å². The Labute approximate surface area is 284 Å². The van der Waals surface area contributed by atoms with Crippen molar-refractivity contribution in [1.82, 2.24) is 0 Å². The molecule has 6 aromatic rings. The first-order valence-electron chi connectivity index (χ1n) is 15.4. The number of para-hydroxylation sites is 4. The predicted molar refractivity (Wildman–Crippen MR) is 199 cm³/mol. The molecule has 6 nitrogen and oxygen atoms in total. The second kappa shape index (κ2) is 16.3. The number of benzene rings is 4. The molecule has 2 aromatic heterocycles. The molecule has 1 atom stereocenters. The van der Waals surface area contributed by atoms with Gasteiger partial charge < -0.3 is 10.6 Å². The van der Waals surface area contributed by atoms with Gasteiger partial charge in [0, 0.05) is 37.9 Å². The molecular weight excluding hydrogens is 621 g/mol. The van der Waals surface area contributed by atoms with E-state index in [4.69, 9.17) is 0 Å². The molecule has 4 aromatic carbocycles. The van der Waals surface area contributed by atoms with Gasteiger partial charge in [-0.1, -0.05) is 80.6 Å². The molecule has 236 valence electrons. The van der Waals surface area contributed by atoms with Crippen molar-refractivity contribution in [2.45, 2.75) is 26.9 Å². The summed E-state index contributed by atoms with van der Waals surface area (Å²) in [6.07, 6.45) is 1.60. The van der Waals surface area contributed by atoms with E-state index >= 15 is 0 Å². The van der Waals surface area contributed by atoms with Gasteiger partial charge in [0.2, 0.25) is 0 Å². The number of carbonyl (C=O) groups is 2. The van der Waals surface area contributed by atoms with Gasteiger partial charge in [-0.25, -0.2) is 0 Å². The van der Waals surface area contributed by atoms with Gasteiger partial charge in [-0.15, -0.1) is 22.7 Å². The molecule has 1 unspecified atom stereocenters. The molecule has 1 aliphatic heterocycles. The van der Waals surface area contributed by atoms with Gasteiger partial charge in [-0.2, -0.15) is 0 Å². The van der Waals surface area contributed by atoms with E-state index in [0.717, 1.165) is 26.8 Å². The molecule has 2 N–H and O–H groups in total. The fourth-order valence-corrected chi connectivity index (χ4v) is 6.41. The fraction of sp³-hybridized carbons (Fsp3) is 0.103. The molecule has 8 heteroatoms. The van der Waals surface area contributed by atoms with Crippen LogP contribution in [0.1, 0.15) is 55.4 Å². The van der Waals surface area contributed by atoms with Crippen LogP contribution in [0, 0.1) is 6.92 Å². The number of fused-ring (bicyclic) bond motifs is 1. The number of nitrogens with zero attached hydrogens (tertiary/aromatic N) is 2. The molecule has 1 aliphatic rings. The van der Waals surface area contributed by atoms with E-state index in [1.54, 1.807) is 35.0 Å². The molecule has 0 aliphatic carbocycles. The highest BCUT2D eigenvalue weighted by atomic mass is 32.1. The first-order chi connectivity index (χ1) is 23.1. The highest BCUT2D eigenvalue weighted by Gasteiger charge is 2.34. The lowest BCUT2D eigenvalue weighted by Crippen LogP contribution is -2.42. The summed E-state index contributed by atoms with van der Waals surface area (Å²) in [5, 5.41) is 8.40. The minimum Gasteiger partial charge on any atom is -0.360 e. The lowest BCUT2D eigenvalue weighted by molar-refractivity contribution is 0.0974. The van der Waals surface area contributed by atoms with Gasteiger partial charge in [-0.3, -0.25) is 19.5 Å². The zero-order valence-corrected chi connectivity index (χ0v) is 28.1. The minimum atomic E-state index is -0.182. The average Bonchev–Trinajstić information content (AvgIpc) is 3.81. The van der Waals surface area contributed by atoms with Crippen LogP contribution in [-0.2, 0) is 0 Å². The van der Waals surface area contributed by atoms with Crippen LogP contribution in [0.5, 0.6) is 0 Å². The standard InChI is InChI=1S/C19H16N2OS.C18H14N2OS.C2H6/c1-13-11-12-17(23-13)18-20-16-10-6-5-9-15(16)19(22)21(18)14-7-3-2-4-8-14;21-18(20-14-7-2-1-3-8-14)16-10-4-5-11-17(16)19-13-15-9-6-12-22-15;1-2/h2-12,18,20H,1H3;1-13H,(H,20,21);1-2H3. The smallest absolute Gasteiger partial charge is 0.262 e. The molecule has 0 fully saturated rings. The fourth-order valence-electron chi connectivity index (χ4n) is 4.90. The number of hydrogen-bond donors (Lipinski definition) is 2. The van der Waals surface area contributed by atoms with Crippen LogP contribution >= 0.6 is 22.7 Å². The number of nitrogens with one attached hydrogen (secondary N) is 2. The third-order valence-electron chi connectivity index (χ3n) is 7.05. The number of thiophene rings is 2. The SMILES string of the molecule is CC.Cc1ccc(C2Nc3ccccc3C(=O)N2c2ccccc2)s1.O=C(Nc1ccccc1)c1ccccc1N=Cc1cccs1. The van der Waals surface area contributed by atoms with Crippen molar-refractivity contribution >= 4 is 63.5 Å². The molecule has 0 bridgehead atoms. The van der Waals surface area contributed by atoms with Gasteiger partial charge in [0.05, 0.1) is 16.8 Å². The molecule has 0 saturated heterocycles. The van der Waals surface area contributed by atoms with E-state index in [-0.39, 0.29) is 18.0 Å². The van der Waals surface area contributed by atoms with Crippen LogP contribution in [-0.4, -0.2) is 18.0 Å². The summed E-state index contributed by atoms with van der Waals surface area (Å²) in [6.45, 7) is 6.08. The van der Waals surface area contributed by atoms with E-state index in [9.17, 15) is 9.59 Å². The molecule has 0 radical (unpaired) electrons. The van der Waals surface area contributed by atoms with E-state index in [1.807, 2.05) is 139 Å². The van der Waals surface area contributed by atoms with Crippen LogP contribution in [0.15, 0.2) is 144 Å². The number of aryl methyl sites for hydroxylation is 1. The summed E-state index contributed by atoms with van der Waals surface area (Å²) in [5.74, 6) is -0.133. The summed E-state index contributed by atoms with van der Waals surface area (Å²) in [4.78, 5) is 35.2. The highest BCUT2D eigenvalue weighted by molar-refractivity contribution is 7.12. The lowest BCUT2D eigenvalue weighted by Gasteiger charge is -2.37. The van der Waals surface area contributed by atoms with E-state index in [1.165, 1.54) is 4.88 Å². The zero-order valence-electron chi connectivity index (χ0n) is 26.5. The van der Waals surface area contributed by atoms with Crippen molar-refractivity contribution in [3.05, 3.63) is 165 Å². The van der Waals surface area contributed by atoms with Gasteiger partial charge in [0.1, 0.15) is 6.17 Å². The molecule has 0 spiro atoms. The van der Waals surface area contributed by atoms with Crippen molar-refractivity contribution in [3.8, 4) is 0 Å². The Kier molecular flexibility index (Phi) is 11.5. The van der Waals surface area contributed by atoms with Crippen molar-refractivity contribution < 1.29 is 9.59 Å². The maximum absolute atomic E-state index is 13.1. The van der Waals surface area contributed by atoms with Crippen molar-refractivity contribution in [2.24, 2.45) is 4.99 Å².